The van der Waals surface area contributed by atoms with Crippen LogP contribution in [0.4, 0.5) is 18.9 Å². The zero-order valence-electron chi connectivity index (χ0n) is 16.7. The molecule has 1 aliphatic rings. The summed E-state index contributed by atoms with van der Waals surface area (Å²) in [6, 6.07) is 5.24. The number of nitrogens with zero attached hydrogens (tertiary/aromatic N) is 2. The van der Waals surface area contributed by atoms with Crippen molar-refractivity contribution >= 4 is 35.5 Å². The number of hydrogen-bond acceptors (Lipinski definition) is 6. The third kappa shape index (κ3) is 5.37. The molecule has 1 fully saturated rings. The van der Waals surface area contributed by atoms with E-state index in [1.165, 1.54) is 6.20 Å². The van der Waals surface area contributed by atoms with Crippen molar-refractivity contribution in [2.75, 3.05) is 25.0 Å². The van der Waals surface area contributed by atoms with Crippen molar-refractivity contribution in [3.63, 3.8) is 0 Å². The molecule has 0 radical (unpaired) electrons. The summed E-state index contributed by atoms with van der Waals surface area (Å²) in [5.74, 6) is -3.20. The number of carbonyl (C=O) groups excluding carboxylic acids is 1. The van der Waals surface area contributed by atoms with Gasteiger partial charge in [-0.05, 0) is 43.7 Å². The molecule has 6 nitrogen and oxygen atoms in total. The van der Waals surface area contributed by atoms with Crippen LogP contribution >= 0.6 is 23.9 Å². The van der Waals surface area contributed by atoms with Gasteiger partial charge in [0, 0.05) is 24.0 Å². The number of piperidine rings is 1. The largest absolute Gasteiger partial charge is 0.481 e. The van der Waals surface area contributed by atoms with E-state index >= 15 is 0 Å². The predicted octanol–water partition coefficient (Wildman–Crippen LogP) is 4.67. The van der Waals surface area contributed by atoms with E-state index in [1.807, 2.05) is 0 Å². The van der Waals surface area contributed by atoms with Crippen molar-refractivity contribution in [2.24, 2.45) is 5.92 Å². The Balaban J connectivity index is 0.00000289. The second-order valence-electron chi connectivity index (χ2n) is 7.13. The first-order valence-corrected chi connectivity index (χ1v) is 10.5. The van der Waals surface area contributed by atoms with E-state index in [1.54, 1.807) is 0 Å². The van der Waals surface area contributed by atoms with Crippen LogP contribution in [-0.4, -0.2) is 35.0 Å². The Morgan fingerprint density at radius 3 is 2.69 bits per heavy atom. The Morgan fingerprint density at radius 1 is 1.19 bits per heavy atom. The van der Waals surface area contributed by atoms with E-state index in [0.717, 1.165) is 67.8 Å². The number of amides is 1. The van der Waals surface area contributed by atoms with E-state index in [0.29, 0.717) is 23.3 Å². The zero-order chi connectivity index (χ0) is 21.8. The minimum atomic E-state index is -0.973. The molecule has 1 aliphatic heterocycles. The van der Waals surface area contributed by atoms with Gasteiger partial charge >= 0.3 is 0 Å². The molecule has 4 rings (SSSR count). The number of nitrogens with one attached hydrogen (secondary N) is 2. The van der Waals surface area contributed by atoms with E-state index in [-0.39, 0.29) is 18.1 Å². The van der Waals surface area contributed by atoms with Crippen molar-refractivity contribution in [3.8, 4) is 16.3 Å². The standard InChI is InChI=1S/C21H19F3N4O2S.ClH/c22-13-4-1-5-14(23)18(13)19-15(24)6-7-16(27-19)20(29)28-17-10-26-31-21(17)30-11-12-3-2-8-25-9-12;/h1,4-7,10,12,25H,2-3,8-9,11H2,(H,28,29);1H. The normalized spacial score (nSPS) is 15.7. The minimum absolute atomic E-state index is 0. The molecule has 3 heterocycles. The lowest BCUT2D eigenvalue weighted by Crippen LogP contribution is -2.33. The molecule has 0 saturated carbocycles. The molecule has 11 heteroatoms. The van der Waals surface area contributed by atoms with Gasteiger partial charge in [0.2, 0.25) is 5.06 Å². The number of hydrogen-bond donors (Lipinski definition) is 2. The van der Waals surface area contributed by atoms with Crippen LogP contribution in [0.15, 0.2) is 36.5 Å². The Labute approximate surface area is 192 Å². The second-order valence-corrected chi connectivity index (χ2v) is 7.89. The summed E-state index contributed by atoms with van der Waals surface area (Å²) in [4.78, 5) is 16.5. The summed E-state index contributed by atoms with van der Waals surface area (Å²) < 4.78 is 52.2. The molecule has 0 aliphatic carbocycles. The summed E-state index contributed by atoms with van der Waals surface area (Å²) in [5, 5.41) is 6.37. The van der Waals surface area contributed by atoms with Crippen LogP contribution in [0.5, 0.6) is 5.06 Å². The SMILES string of the molecule is Cl.O=C(Nc1cnsc1OCC1CCCNC1)c1ccc(F)c(-c2c(F)cccc2F)n1. The number of carbonyl (C=O) groups is 1. The lowest BCUT2D eigenvalue weighted by molar-refractivity contribution is 0.102. The molecule has 3 aromatic rings. The van der Waals surface area contributed by atoms with Gasteiger partial charge in [0.25, 0.3) is 5.91 Å². The fourth-order valence-electron chi connectivity index (χ4n) is 3.33. The van der Waals surface area contributed by atoms with Crippen LogP contribution in [0, 0.1) is 23.4 Å². The summed E-state index contributed by atoms with van der Waals surface area (Å²) in [6.45, 7) is 2.36. The number of halogens is 4. The highest BCUT2D eigenvalue weighted by molar-refractivity contribution is 7.08. The Bertz CT molecular complexity index is 1070. The van der Waals surface area contributed by atoms with Crippen LogP contribution in [0.2, 0.25) is 0 Å². The fourth-order valence-corrected chi connectivity index (χ4v) is 3.91. The maximum atomic E-state index is 14.2. The maximum Gasteiger partial charge on any atom is 0.274 e. The minimum Gasteiger partial charge on any atom is -0.481 e. The average molecular weight is 485 g/mol. The van der Waals surface area contributed by atoms with Gasteiger partial charge in [-0.1, -0.05) is 6.07 Å². The summed E-state index contributed by atoms with van der Waals surface area (Å²) >= 11 is 1.09. The monoisotopic (exact) mass is 484 g/mol. The third-order valence-corrected chi connectivity index (χ3v) is 5.63. The Hall–Kier alpha value is -2.69. The van der Waals surface area contributed by atoms with E-state index in [2.05, 4.69) is 20.0 Å². The molecule has 1 aromatic carbocycles. The summed E-state index contributed by atoms with van der Waals surface area (Å²) in [6.07, 6.45) is 3.59. The van der Waals surface area contributed by atoms with E-state index in [9.17, 15) is 18.0 Å². The first-order chi connectivity index (χ1) is 15.0. The van der Waals surface area contributed by atoms with Crippen LogP contribution in [0.3, 0.4) is 0 Å². The molecule has 2 aromatic heterocycles. The molecule has 1 atom stereocenters. The highest BCUT2D eigenvalue weighted by atomic mass is 35.5. The highest BCUT2D eigenvalue weighted by Gasteiger charge is 2.21. The number of benzene rings is 1. The maximum absolute atomic E-state index is 14.2. The topological polar surface area (TPSA) is 76.1 Å². The molecule has 1 amide bonds. The van der Waals surface area contributed by atoms with Crippen molar-refractivity contribution in [2.45, 2.75) is 12.8 Å². The Morgan fingerprint density at radius 2 is 1.97 bits per heavy atom. The average Bonchev–Trinajstić information content (AvgIpc) is 3.21. The van der Waals surface area contributed by atoms with Crippen LogP contribution < -0.4 is 15.4 Å². The molecule has 2 N–H and O–H groups in total. The molecule has 0 spiro atoms. The third-order valence-electron chi connectivity index (χ3n) is 4.91. The summed E-state index contributed by atoms with van der Waals surface area (Å²) in [7, 11) is 0. The first-order valence-electron chi connectivity index (χ1n) is 9.73. The zero-order valence-corrected chi connectivity index (χ0v) is 18.4. The molecule has 1 unspecified atom stereocenters. The quantitative estimate of drug-likeness (QED) is 0.531. The van der Waals surface area contributed by atoms with Crippen molar-refractivity contribution in [3.05, 3.63) is 59.7 Å². The van der Waals surface area contributed by atoms with Crippen molar-refractivity contribution < 1.29 is 22.7 Å². The van der Waals surface area contributed by atoms with Crippen LogP contribution in [-0.2, 0) is 0 Å². The van der Waals surface area contributed by atoms with Gasteiger partial charge in [-0.3, -0.25) is 4.79 Å². The van der Waals surface area contributed by atoms with E-state index in [4.69, 9.17) is 4.74 Å². The number of rotatable bonds is 6. The smallest absolute Gasteiger partial charge is 0.274 e. The van der Waals surface area contributed by atoms with Crippen molar-refractivity contribution in [1.82, 2.24) is 14.7 Å². The van der Waals surface area contributed by atoms with Gasteiger partial charge in [0.15, 0.2) is 0 Å². The lowest BCUT2D eigenvalue weighted by atomic mass is 10.0. The molecule has 0 bridgehead atoms. The van der Waals surface area contributed by atoms with Crippen LogP contribution in [0.25, 0.3) is 11.3 Å². The molecular formula is C21H20ClF3N4O2S. The number of anilines is 1. The lowest BCUT2D eigenvalue weighted by Gasteiger charge is -2.22. The van der Waals surface area contributed by atoms with Crippen molar-refractivity contribution in [1.29, 1.82) is 0 Å². The number of pyridine rings is 1. The fraction of sp³-hybridized carbons (Fsp3) is 0.286. The molecule has 170 valence electrons. The highest BCUT2D eigenvalue weighted by Crippen LogP contribution is 2.31. The van der Waals surface area contributed by atoms with Gasteiger partial charge in [-0.25, -0.2) is 18.2 Å². The number of ether oxygens (including phenoxy) is 1. The van der Waals surface area contributed by atoms with Gasteiger partial charge < -0.3 is 15.4 Å². The molecule has 1 saturated heterocycles. The van der Waals surface area contributed by atoms with E-state index < -0.39 is 34.6 Å². The number of aromatic nitrogens is 2. The van der Waals surface area contributed by atoms with Crippen LogP contribution in [0.1, 0.15) is 23.3 Å². The molecule has 32 heavy (non-hydrogen) atoms. The van der Waals surface area contributed by atoms with Gasteiger partial charge in [0.1, 0.15) is 34.5 Å². The first kappa shape index (κ1) is 24.0. The second kappa shape index (κ2) is 10.8. The predicted molar refractivity (Wildman–Crippen MR) is 118 cm³/mol. The summed E-state index contributed by atoms with van der Waals surface area (Å²) in [5.41, 5.74) is -1.05. The molecular weight excluding hydrogens is 465 g/mol. The van der Waals surface area contributed by atoms with Gasteiger partial charge in [-0.15, -0.1) is 12.4 Å². The Kier molecular flexibility index (Phi) is 8.05. The van der Waals surface area contributed by atoms with Gasteiger partial charge in [0.05, 0.1) is 18.4 Å². The van der Waals surface area contributed by atoms with Gasteiger partial charge in [-0.2, -0.15) is 4.37 Å².